The molecule has 0 N–H and O–H groups in total. The van der Waals surface area contributed by atoms with E-state index in [4.69, 9.17) is 9.47 Å². The van der Waals surface area contributed by atoms with Crippen molar-refractivity contribution in [3.8, 4) is 5.75 Å². The number of thioether (sulfide) groups is 1. The average molecular weight is 266 g/mol. The largest absolute Gasteiger partial charge is 0.497 e. The van der Waals surface area contributed by atoms with Crippen molar-refractivity contribution in [2.45, 2.75) is 0 Å². The Morgan fingerprint density at radius 1 is 1.28 bits per heavy atom. The van der Waals surface area contributed by atoms with Crippen LogP contribution >= 0.6 is 11.8 Å². The summed E-state index contributed by atoms with van der Waals surface area (Å²) in [5.41, 5.74) is 0.951. The molecule has 0 saturated carbocycles. The lowest BCUT2D eigenvalue weighted by atomic mass is 10.3. The summed E-state index contributed by atoms with van der Waals surface area (Å²) in [5.74, 6) is 0.853. The van der Waals surface area contributed by atoms with Gasteiger partial charge in [-0.05, 0) is 30.5 Å². The van der Waals surface area contributed by atoms with E-state index < -0.39 is 0 Å². The molecule has 1 heterocycles. The van der Waals surface area contributed by atoms with E-state index in [9.17, 15) is 0 Å². The standard InChI is InChI=1S/C13H18N2O2S/c1-16-12-5-3-11(4-6-12)14-13(18-2)15-7-9-17-10-8-15/h3-6H,7-10H2,1-2H3. The van der Waals surface area contributed by atoms with E-state index in [-0.39, 0.29) is 0 Å². The Bertz CT molecular complexity index is 400. The molecule has 1 aromatic carbocycles. The molecule has 4 nitrogen and oxygen atoms in total. The summed E-state index contributed by atoms with van der Waals surface area (Å²) >= 11 is 1.67. The highest BCUT2D eigenvalue weighted by Crippen LogP contribution is 2.20. The van der Waals surface area contributed by atoms with Crippen molar-refractivity contribution in [2.75, 3.05) is 39.7 Å². The summed E-state index contributed by atoms with van der Waals surface area (Å²) in [7, 11) is 1.67. The maximum Gasteiger partial charge on any atom is 0.164 e. The lowest BCUT2D eigenvalue weighted by molar-refractivity contribution is 0.0694. The predicted molar refractivity (Wildman–Crippen MR) is 76.0 cm³/mol. The number of aliphatic imine (C=N–C) groups is 1. The SMILES string of the molecule is COc1ccc(N=C(SC)N2CCOCC2)cc1. The first-order valence-electron chi connectivity index (χ1n) is 5.93. The molecule has 0 radical (unpaired) electrons. The first-order valence-corrected chi connectivity index (χ1v) is 7.15. The summed E-state index contributed by atoms with van der Waals surface area (Å²) in [6.45, 7) is 3.38. The molecule has 0 bridgehead atoms. The number of rotatable bonds is 2. The molecule has 18 heavy (non-hydrogen) atoms. The molecule has 98 valence electrons. The highest BCUT2D eigenvalue weighted by molar-refractivity contribution is 8.13. The van der Waals surface area contributed by atoms with Crippen LogP contribution in [0.3, 0.4) is 0 Å². The second-order valence-electron chi connectivity index (χ2n) is 3.90. The third kappa shape index (κ3) is 3.40. The van der Waals surface area contributed by atoms with E-state index >= 15 is 0 Å². The number of hydrogen-bond donors (Lipinski definition) is 0. The molecule has 1 fully saturated rings. The highest BCUT2D eigenvalue weighted by atomic mass is 32.2. The summed E-state index contributed by atoms with van der Waals surface area (Å²) < 4.78 is 10.5. The Kier molecular flexibility index (Phi) is 4.90. The molecule has 1 aliphatic rings. The van der Waals surface area contributed by atoms with Crippen LogP contribution in [0.1, 0.15) is 0 Å². The second kappa shape index (κ2) is 6.66. The van der Waals surface area contributed by atoms with Gasteiger partial charge in [0.15, 0.2) is 5.17 Å². The molecular formula is C13H18N2O2S. The fourth-order valence-corrected chi connectivity index (χ4v) is 2.40. The van der Waals surface area contributed by atoms with Crippen molar-refractivity contribution in [3.63, 3.8) is 0 Å². The molecule has 5 heteroatoms. The lowest BCUT2D eigenvalue weighted by Gasteiger charge is -2.28. The molecule has 2 rings (SSSR count). The van der Waals surface area contributed by atoms with Crippen LogP contribution in [0.2, 0.25) is 0 Å². The van der Waals surface area contributed by atoms with E-state index in [0.717, 1.165) is 42.9 Å². The zero-order valence-electron chi connectivity index (χ0n) is 10.8. The smallest absolute Gasteiger partial charge is 0.164 e. The van der Waals surface area contributed by atoms with Crippen LogP contribution in [0.25, 0.3) is 0 Å². The van der Waals surface area contributed by atoms with Gasteiger partial charge in [-0.3, -0.25) is 0 Å². The van der Waals surface area contributed by atoms with Crippen LogP contribution in [0.4, 0.5) is 5.69 Å². The van der Waals surface area contributed by atoms with E-state index in [1.807, 2.05) is 24.3 Å². The van der Waals surface area contributed by atoms with E-state index in [0.29, 0.717) is 0 Å². The molecule has 0 aliphatic carbocycles. The molecule has 0 unspecified atom stereocenters. The first kappa shape index (κ1) is 13.2. The minimum absolute atomic E-state index is 0.780. The lowest BCUT2D eigenvalue weighted by Crippen LogP contribution is -2.39. The Morgan fingerprint density at radius 2 is 1.94 bits per heavy atom. The van der Waals surface area contributed by atoms with Crippen molar-refractivity contribution in [2.24, 2.45) is 4.99 Å². The van der Waals surface area contributed by atoms with Gasteiger partial charge in [0.25, 0.3) is 0 Å². The number of morpholine rings is 1. The molecule has 0 aromatic heterocycles. The number of methoxy groups -OCH3 is 1. The molecule has 0 spiro atoms. The van der Waals surface area contributed by atoms with E-state index in [1.165, 1.54) is 0 Å². The van der Waals surface area contributed by atoms with Gasteiger partial charge in [0, 0.05) is 13.1 Å². The summed E-state index contributed by atoms with van der Waals surface area (Å²) in [5, 5.41) is 1.04. The maximum absolute atomic E-state index is 5.35. The van der Waals surface area contributed by atoms with Crippen LogP contribution in [0.15, 0.2) is 29.3 Å². The monoisotopic (exact) mass is 266 g/mol. The zero-order chi connectivity index (χ0) is 12.8. The normalized spacial score (nSPS) is 16.8. The number of hydrogen-bond acceptors (Lipinski definition) is 4. The molecule has 1 aromatic rings. The van der Waals surface area contributed by atoms with Crippen LogP contribution in [0.5, 0.6) is 5.75 Å². The van der Waals surface area contributed by atoms with Crippen molar-refractivity contribution < 1.29 is 9.47 Å². The van der Waals surface area contributed by atoms with Crippen LogP contribution < -0.4 is 4.74 Å². The van der Waals surface area contributed by atoms with Gasteiger partial charge in [-0.2, -0.15) is 0 Å². The second-order valence-corrected chi connectivity index (χ2v) is 4.67. The number of nitrogens with zero attached hydrogens (tertiary/aromatic N) is 2. The van der Waals surface area contributed by atoms with Crippen molar-refractivity contribution in [1.82, 2.24) is 4.90 Å². The Labute approximate surface area is 112 Å². The van der Waals surface area contributed by atoms with Gasteiger partial charge in [0.2, 0.25) is 0 Å². The Morgan fingerprint density at radius 3 is 2.50 bits per heavy atom. The fourth-order valence-electron chi connectivity index (χ4n) is 1.77. The average Bonchev–Trinajstić information content (AvgIpc) is 2.46. The van der Waals surface area contributed by atoms with E-state index in [2.05, 4.69) is 16.1 Å². The topological polar surface area (TPSA) is 34.1 Å². The maximum atomic E-state index is 5.35. The van der Waals surface area contributed by atoms with Gasteiger partial charge in [-0.15, -0.1) is 0 Å². The van der Waals surface area contributed by atoms with Crippen molar-refractivity contribution in [3.05, 3.63) is 24.3 Å². The molecule has 0 atom stereocenters. The zero-order valence-corrected chi connectivity index (χ0v) is 11.6. The molecular weight excluding hydrogens is 248 g/mol. The van der Waals surface area contributed by atoms with Crippen molar-refractivity contribution in [1.29, 1.82) is 0 Å². The highest BCUT2D eigenvalue weighted by Gasteiger charge is 2.14. The van der Waals surface area contributed by atoms with Gasteiger partial charge in [0.05, 0.1) is 26.0 Å². The molecule has 1 saturated heterocycles. The molecule has 1 aliphatic heterocycles. The molecule has 0 amide bonds. The Hall–Kier alpha value is -1.20. The van der Waals surface area contributed by atoms with Crippen LogP contribution in [-0.2, 0) is 4.74 Å². The third-order valence-electron chi connectivity index (χ3n) is 2.76. The van der Waals surface area contributed by atoms with Crippen LogP contribution in [0, 0.1) is 0 Å². The quantitative estimate of drug-likeness (QED) is 0.608. The van der Waals surface area contributed by atoms with Gasteiger partial charge in [-0.25, -0.2) is 4.99 Å². The summed E-state index contributed by atoms with van der Waals surface area (Å²) in [6.07, 6.45) is 2.05. The minimum atomic E-state index is 0.780. The van der Waals surface area contributed by atoms with E-state index in [1.54, 1.807) is 18.9 Å². The number of benzene rings is 1. The first-order chi connectivity index (χ1) is 8.83. The number of amidine groups is 1. The third-order valence-corrected chi connectivity index (χ3v) is 3.48. The summed E-state index contributed by atoms with van der Waals surface area (Å²) in [6, 6.07) is 7.79. The van der Waals surface area contributed by atoms with Crippen LogP contribution in [-0.4, -0.2) is 49.7 Å². The predicted octanol–water partition coefficient (Wildman–Crippen LogP) is 2.38. The van der Waals surface area contributed by atoms with Gasteiger partial charge in [0.1, 0.15) is 5.75 Å². The number of ether oxygens (including phenoxy) is 2. The van der Waals surface area contributed by atoms with Gasteiger partial charge < -0.3 is 14.4 Å². The van der Waals surface area contributed by atoms with Gasteiger partial charge >= 0.3 is 0 Å². The minimum Gasteiger partial charge on any atom is -0.497 e. The van der Waals surface area contributed by atoms with Gasteiger partial charge in [-0.1, -0.05) is 11.8 Å². The Balaban J connectivity index is 2.11. The summed E-state index contributed by atoms with van der Waals surface area (Å²) in [4.78, 5) is 6.93. The fraction of sp³-hybridized carbons (Fsp3) is 0.462. The van der Waals surface area contributed by atoms with Crippen molar-refractivity contribution >= 4 is 22.6 Å².